The maximum Gasteiger partial charge on any atom is 0.135 e. The van der Waals surface area contributed by atoms with E-state index in [2.05, 4.69) is 218 Å². The number of furan rings is 1. The van der Waals surface area contributed by atoms with Crippen molar-refractivity contribution < 1.29 is 4.42 Å². The molecule has 0 saturated carbocycles. The second-order valence-electron chi connectivity index (χ2n) is 15.0. The van der Waals surface area contributed by atoms with E-state index in [1.165, 1.54) is 66.2 Å². The predicted molar refractivity (Wildman–Crippen MR) is 234 cm³/mol. The van der Waals surface area contributed by atoms with Crippen LogP contribution in [0.2, 0.25) is 0 Å². The Bertz CT molecular complexity index is 3030. The number of para-hydroxylation sites is 1. The summed E-state index contributed by atoms with van der Waals surface area (Å²) in [5.74, 6) is 0. The third-order valence-corrected chi connectivity index (χ3v) is 12.0. The zero-order chi connectivity index (χ0) is 37.2. The van der Waals surface area contributed by atoms with Crippen LogP contribution in [-0.4, -0.2) is 0 Å². The Morgan fingerprint density at radius 1 is 0.393 bits per heavy atom. The fourth-order valence-corrected chi connectivity index (χ4v) is 9.23. The van der Waals surface area contributed by atoms with Crippen molar-refractivity contribution in [3.05, 3.63) is 223 Å². The van der Waals surface area contributed by atoms with Crippen LogP contribution in [0.3, 0.4) is 0 Å². The van der Waals surface area contributed by atoms with Gasteiger partial charge in [-0.1, -0.05) is 158 Å². The van der Waals surface area contributed by atoms with Crippen LogP contribution >= 0.6 is 0 Å². The average Bonchev–Trinajstić information content (AvgIpc) is 3.77. The minimum absolute atomic E-state index is 0.316. The van der Waals surface area contributed by atoms with Crippen molar-refractivity contribution in [2.24, 2.45) is 0 Å². The Morgan fingerprint density at radius 3 is 1.66 bits per heavy atom. The standard InChI is InChI=1S/C54H37NO/c1-54(47-20-9-7-18-44(47)45-19-8-10-21-48(45)54)49-22-12-24-52-53(49)46-35-40(31-34-51(46)56-52)38-27-25-36(26-28-38)37-29-32-42(33-30-37)55(41-15-3-2-4-16-41)50-23-11-14-39-13-5-6-17-43(39)50/h2-35H,1H3. The SMILES string of the molecule is CC1(c2cccc3oc4ccc(-c5ccc(-c6ccc(N(c7ccccc7)c7cccc8ccccc78)cc6)cc5)cc4c23)c2ccccc2-c2ccccc21. The van der Waals surface area contributed by atoms with Gasteiger partial charge >= 0.3 is 0 Å². The highest BCUT2D eigenvalue weighted by molar-refractivity contribution is 6.09. The minimum atomic E-state index is -0.316. The lowest BCUT2D eigenvalue weighted by Crippen LogP contribution is -2.22. The summed E-state index contributed by atoms with van der Waals surface area (Å²) < 4.78 is 6.54. The van der Waals surface area contributed by atoms with Gasteiger partial charge in [0.25, 0.3) is 0 Å². The van der Waals surface area contributed by atoms with Crippen LogP contribution in [0.15, 0.2) is 211 Å². The van der Waals surface area contributed by atoms with Crippen molar-refractivity contribution in [3.8, 4) is 33.4 Å². The molecule has 0 saturated heterocycles. The molecule has 0 bridgehead atoms. The molecule has 2 heteroatoms. The second-order valence-corrected chi connectivity index (χ2v) is 15.0. The Balaban J connectivity index is 0.952. The van der Waals surface area contributed by atoms with Gasteiger partial charge in [-0.15, -0.1) is 0 Å². The summed E-state index contributed by atoms with van der Waals surface area (Å²) in [6.07, 6.45) is 0. The van der Waals surface area contributed by atoms with Gasteiger partial charge in [0.05, 0.1) is 5.69 Å². The fourth-order valence-electron chi connectivity index (χ4n) is 9.23. The molecule has 10 aromatic rings. The molecule has 1 aliphatic rings. The molecule has 0 radical (unpaired) electrons. The molecular formula is C54H37NO. The minimum Gasteiger partial charge on any atom is -0.456 e. The van der Waals surface area contributed by atoms with Gasteiger partial charge in [-0.3, -0.25) is 0 Å². The van der Waals surface area contributed by atoms with Crippen LogP contribution in [-0.2, 0) is 5.41 Å². The number of fused-ring (bicyclic) bond motifs is 7. The molecule has 56 heavy (non-hydrogen) atoms. The first-order valence-electron chi connectivity index (χ1n) is 19.3. The van der Waals surface area contributed by atoms with Gasteiger partial charge in [-0.2, -0.15) is 0 Å². The number of benzene rings is 9. The van der Waals surface area contributed by atoms with Gasteiger partial charge in [0.2, 0.25) is 0 Å². The maximum absolute atomic E-state index is 6.54. The van der Waals surface area contributed by atoms with E-state index in [1.54, 1.807) is 0 Å². The summed E-state index contributed by atoms with van der Waals surface area (Å²) in [6.45, 7) is 2.38. The second kappa shape index (κ2) is 12.7. The lowest BCUT2D eigenvalue weighted by atomic mass is 9.73. The van der Waals surface area contributed by atoms with E-state index in [0.29, 0.717) is 0 Å². The van der Waals surface area contributed by atoms with E-state index in [4.69, 9.17) is 4.42 Å². The van der Waals surface area contributed by atoms with Gasteiger partial charge in [0, 0.05) is 32.9 Å². The first kappa shape index (κ1) is 32.3. The monoisotopic (exact) mass is 715 g/mol. The molecule has 0 amide bonds. The molecule has 264 valence electrons. The lowest BCUT2D eigenvalue weighted by Gasteiger charge is -2.29. The average molecular weight is 716 g/mol. The molecule has 1 heterocycles. The normalized spacial score (nSPS) is 12.9. The molecule has 0 atom stereocenters. The van der Waals surface area contributed by atoms with Crippen molar-refractivity contribution in [1.29, 1.82) is 0 Å². The Hall–Kier alpha value is -7.16. The fraction of sp³-hybridized carbons (Fsp3) is 0.0370. The van der Waals surface area contributed by atoms with E-state index < -0.39 is 0 Å². The molecule has 0 spiro atoms. The lowest BCUT2D eigenvalue weighted by molar-refractivity contribution is 0.666. The Morgan fingerprint density at radius 2 is 0.929 bits per heavy atom. The molecule has 1 aliphatic carbocycles. The Labute approximate surface area is 326 Å². The maximum atomic E-state index is 6.54. The van der Waals surface area contributed by atoms with Gasteiger partial charge in [0.15, 0.2) is 0 Å². The van der Waals surface area contributed by atoms with Gasteiger partial charge in [-0.05, 0) is 111 Å². The summed E-state index contributed by atoms with van der Waals surface area (Å²) in [6, 6.07) is 74.5. The molecular weight excluding hydrogens is 679 g/mol. The van der Waals surface area contributed by atoms with E-state index in [1.807, 2.05) is 0 Å². The summed E-state index contributed by atoms with van der Waals surface area (Å²) >= 11 is 0. The van der Waals surface area contributed by atoms with E-state index >= 15 is 0 Å². The highest BCUT2D eigenvalue weighted by Gasteiger charge is 2.41. The molecule has 0 fully saturated rings. The quantitative estimate of drug-likeness (QED) is 0.170. The van der Waals surface area contributed by atoms with Crippen molar-refractivity contribution in [3.63, 3.8) is 0 Å². The number of anilines is 3. The molecule has 2 nitrogen and oxygen atoms in total. The van der Waals surface area contributed by atoms with E-state index in [9.17, 15) is 0 Å². The van der Waals surface area contributed by atoms with Crippen LogP contribution in [0, 0.1) is 0 Å². The highest BCUT2D eigenvalue weighted by Crippen LogP contribution is 2.54. The molecule has 1 aromatic heterocycles. The molecule has 0 unspecified atom stereocenters. The molecule has 9 aromatic carbocycles. The first-order chi connectivity index (χ1) is 27.6. The van der Waals surface area contributed by atoms with Crippen LogP contribution in [0.1, 0.15) is 23.6 Å². The number of nitrogens with zero attached hydrogens (tertiary/aromatic N) is 1. The largest absolute Gasteiger partial charge is 0.456 e. The number of hydrogen-bond acceptors (Lipinski definition) is 2. The van der Waals surface area contributed by atoms with Gasteiger partial charge in [-0.25, -0.2) is 0 Å². The Kier molecular flexibility index (Phi) is 7.33. The van der Waals surface area contributed by atoms with Crippen LogP contribution in [0.5, 0.6) is 0 Å². The topological polar surface area (TPSA) is 16.4 Å². The summed E-state index contributed by atoms with van der Waals surface area (Å²) in [5.41, 5.74) is 16.2. The van der Waals surface area contributed by atoms with E-state index in [-0.39, 0.29) is 5.41 Å². The third-order valence-electron chi connectivity index (χ3n) is 12.0. The van der Waals surface area contributed by atoms with Crippen LogP contribution < -0.4 is 4.90 Å². The zero-order valence-electron chi connectivity index (χ0n) is 31.0. The highest BCUT2D eigenvalue weighted by atomic mass is 16.3. The first-order valence-corrected chi connectivity index (χ1v) is 19.3. The number of hydrogen-bond donors (Lipinski definition) is 0. The molecule has 0 N–H and O–H groups in total. The summed E-state index contributed by atoms with van der Waals surface area (Å²) in [5, 5.41) is 4.77. The zero-order valence-corrected chi connectivity index (χ0v) is 31.0. The van der Waals surface area contributed by atoms with Crippen molar-refractivity contribution in [2.75, 3.05) is 4.90 Å². The van der Waals surface area contributed by atoms with Crippen molar-refractivity contribution in [2.45, 2.75) is 12.3 Å². The van der Waals surface area contributed by atoms with Crippen LogP contribution in [0.4, 0.5) is 17.1 Å². The predicted octanol–water partition coefficient (Wildman–Crippen LogP) is 14.9. The van der Waals surface area contributed by atoms with Crippen LogP contribution in [0.25, 0.3) is 66.1 Å². The van der Waals surface area contributed by atoms with Gasteiger partial charge < -0.3 is 9.32 Å². The van der Waals surface area contributed by atoms with E-state index in [0.717, 1.165) is 33.6 Å². The summed E-state index contributed by atoms with van der Waals surface area (Å²) in [7, 11) is 0. The van der Waals surface area contributed by atoms with Crippen molar-refractivity contribution in [1.82, 2.24) is 0 Å². The molecule has 0 aliphatic heterocycles. The molecule has 11 rings (SSSR count). The van der Waals surface area contributed by atoms with Gasteiger partial charge in [0.1, 0.15) is 11.2 Å². The summed E-state index contributed by atoms with van der Waals surface area (Å²) in [4.78, 5) is 2.35. The smallest absolute Gasteiger partial charge is 0.135 e. The third kappa shape index (κ3) is 4.96. The number of rotatable bonds is 6. The van der Waals surface area contributed by atoms with Crippen molar-refractivity contribution >= 4 is 49.8 Å².